The minimum atomic E-state index is -4.40. The third-order valence-corrected chi connectivity index (χ3v) is 3.48. The summed E-state index contributed by atoms with van der Waals surface area (Å²) >= 11 is 1.47. The Balaban J connectivity index is 1.90. The zero-order valence-corrected chi connectivity index (χ0v) is 10.8. The van der Waals surface area contributed by atoms with Gasteiger partial charge >= 0.3 is 6.18 Å². The maximum absolute atomic E-state index is 12.6. The van der Waals surface area contributed by atoms with Crippen molar-refractivity contribution in [1.82, 2.24) is 9.97 Å². The van der Waals surface area contributed by atoms with Crippen LogP contribution in [-0.4, -0.2) is 9.97 Å². The van der Waals surface area contributed by atoms with E-state index >= 15 is 0 Å². The van der Waals surface area contributed by atoms with Crippen LogP contribution in [0.5, 0.6) is 0 Å². The molecule has 0 fully saturated rings. The molecule has 3 aromatic rings. The van der Waals surface area contributed by atoms with Crippen LogP contribution < -0.4 is 5.32 Å². The highest BCUT2D eigenvalue weighted by Crippen LogP contribution is 2.31. The highest BCUT2D eigenvalue weighted by Gasteiger charge is 2.31. The SMILES string of the molecule is FC(F)(F)c1cncc(Nc2ccc3ncsc3c2)c1. The van der Waals surface area contributed by atoms with Gasteiger partial charge in [-0.3, -0.25) is 4.98 Å². The van der Waals surface area contributed by atoms with Crippen molar-refractivity contribution in [1.29, 1.82) is 0 Å². The number of nitrogens with zero attached hydrogens (tertiary/aromatic N) is 2. The zero-order chi connectivity index (χ0) is 14.2. The lowest BCUT2D eigenvalue weighted by Crippen LogP contribution is -2.06. The van der Waals surface area contributed by atoms with Crippen LogP contribution >= 0.6 is 11.3 Å². The number of anilines is 2. The van der Waals surface area contributed by atoms with Crippen molar-refractivity contribution in [2.75, 3.05) is 5.32 Å². The van der Waals surface area contributed by atoms with Crippen LogP contribution in [0.2, 0.25) is 0 Å². The molecular weight excluding hydrogens is 287 g/mol. The number of hydrogen-bond acceptors (Lipinski definition) is 4. The first-order valence-corrected chi connectivity index (χ1v) is 6.53. The number of aromatic nitrogens is 2. The number of nitrogens with one attached hydrogen (secondary N) is 1. The maximum atomic E-state index is 12.6. The second-order valence-corrected chi connectivity index (χ2v) is 5.01. The van der Waals surface area contributed by atoms with E-state index < -0.39 is 11.7 Å². The third-order valence-electron chi connectivity index (χ3n) is 2.69. The van der Waals surface area contributed by atoms with Crippen LogP contribution in [-0.2, 0) is 6.18 Å². The molecule has 2 aromatic heterocycles. The van der Waals surface area contributed by atoms with Crippen LogP contribution in [0.1, 0.15) is 5.56 Å². The first kappa shape index (κ1) is 12.9. The first-order chi connectivity index (χ1) is 9.52. The summed E-state index contributed by atoms with van der Waals surface area (Å²) in [4.78, 5) is 7.75. The Kier molecular flexibility index (Phi) is 3.06. The molecule has 2 heterocycles. The summed E-state index contributed by atoms with van der Waals surface area (Å²) in [6.45, 7) is 0. The second-order valence-electron chi connectivity index (χ2n) is 4.12. The van der Waals surface area contributed by atoms with E-state index in [1.165, 1.54) is 17.5 Å². The van der Waals surface area contributed by atoms with Crippen molar-refractivity contribution in [2.45, 2.75) is 6.18 Å². The zero-order valence-electron chi connectivity index (χ0n) is 9.98. The molecule has 7 heteroatoms. The van der Waals surface area contributed by atoms with E-state index in [2.05, 4.69) is 15.3 Å². The lowest BCUT2D eigenvalue weighted by Gasteiger charge is -2.10. The van der Waals surface area contributed by atoms with Crippen LogP contribution in [0.15, 0.2) is 42.2 Å². The van der Waals surface area contributed by atoms with E-state index in [0.29, 0.717) is 11.4 Å². The van der Waals surface area contributed by atoms with Crippen molar-refractivity contribution >= 4 is 32.9 Å². The highest BCUT2D eigenvalue weighted by molar-refractivity contribution is 7.16. The molecule has 0 radical (unpaired) electrons. The number of thiazole rings is 1. The third kappa shape index (κ3) is 2.57. The van der Waals surface area contributed by atoms with Gasteiger partial charge in [0.15, 0.2) is 0 Å². The largest absolute Gasteiger partial charge is 0.417 e. The van der Waals surface area contributed by atoms with Crippen LogP contribution in [0, 0.1) is 0 Å². The van der Waals surface area contributed by atoms with Gasteiger partial charge in [0, 0.05) is 11.9 Å². The first-order valence-electron chi connectivity index (χ1n) is 5.65. The summed E-state index contributed by atoms with van der Waals surface area (Å²) in [5.41, 5.74) is 2.80. The van der Waals surface area contributed by atoms with E-state index in [9.17, 15) is 13.2 Å². The fourth-order valence-corrected chi connectivity index (χ4v) is 2.48. The molecule has 0 unspecified atom stereocenters. The van der Waals surface area contributed by atoms with E-state index in [4.69, 9.17) is 0 Å². The van der Waals surface area contributed by atoms with Gasteiger partial charge in [0.2, 0.25) is 0 Å². The fraction of sp³-hybridized carbons (Fsp3) is 0.0769. The molecule has 0 aliphatic carbocycles. The lowest BCUT2D eigenvalue weighted by atomic mass is 10.2. The van der Waals surface area contributed by atoms with Crippen molar-refractivity contribution < 1.29 is 13.2 Å². The Bertz CT molecular complexity index is 752. The fourth-order valence-electron chi connectivity index (χ4n) is 1.76. The van der Waals surface area contributed by atoms with Gasteiger partial charge in [-0.2, -0.15) is 13.2 Å². The summed E-state index contributed by atoms with van der Waals surface area (Å²) in [7, 11) is 0. The average molecular weight is 295 g/mol. The number of fused-ring (bicyclic) bond motifs is 1. The van der Waals surface area contributed by atoms with E-state index in [1.54, 1.807) is 11.6 Å². The Labute approximate surface area is 116 Å². The van der Waals surface area contributed by atoms with Gasteiger partial charge in [0.1, 0.15) is 0 Å². The molecule has 0 saturated carbocycles. The molecule has 20 heavy (non-hydrogen) atoms. The summed E-state index contributed by atoms with van der Waals surface area (Å²) in [5, 5.41) is 2.91. The Morgan fingerprint density at radius 3 is 2.70 bits per heavy atom. The van der Waals surface area contributed by atoms with E-state index in [0.717, 1.165) is 22.5 Å². The molecule has 1 N–H and O–H groups in total. The minimum absolute atomic E-state index is 0.295. The topological polar surface area (TPSA) is 37.8 Å². The predicted octanol–water partition coefficient (Wildman–Crippen LogP) is 4.45. The van der Waals surface area contributed by atoms with Crippen molar-refractivity contribution in [3.63, 3.8) is 0 Å². The van der Waals surface area contributed by atoms with Crippen LogP contribution in [0.3, 0.4) is 0 Å². The van der Waals surface area contributed by atoms with Crippen LogP contribution in [0.4, 0.5) is 24.5 Å². The van der Waals surface area contributed by atoms with Gasteiger partial charge in [-0.05, 0) is 24.3 Å². The Morgan fingerprint density at radius 2 is 1.90 bits per heavy atom. The van der Waals surface area contributed by atoms with Crippen molar-refractivity contribution in [2.24, 2.45) is 0 Å². The second kappa shape index (κ2) is 4.75. The summed E-state index contributed by atoms with van der Waals surface area (Å²) in [6.07, 6.45) is -2.24. The summed E-state index contributed by atoms with van der Waals surface area (Å²) in [5.74, 6) is 0. The average Bonchev–Trinajstić information content (AvgIpc) is 2.85. The van der Waals surface area contributed by atoms with Crippen molar-refractivity contribution in [3.05, 3.63) is 47.7 Å². The lowest BCUT2D eigenvalue weighted by molar-refractivity contribution is -0.137. The maximum Gasteiger partial charge on any atom is 0.417 e. The van der Waals surface area contributed by atoms with Gasteiger partial charge in [-0.1, -0.05) is 0 Å². The summed E-state index contributed by atoms with van der Waals surface area (Å²) in [6, 6.07) is 6.45. The number of benzene rings is 1. The molecule has 0 amide bonds. The number of hydrogen-bond donors (Lipinski definition) is 1. The monoisotopic (exact) mass is 295 g/mol. The normalized spacial score (nSPS) is 11.8. The van der Waals surface area contributed by atoms with Crippen molar-refractivity contribution in [3.8, 4) is 0 Å². The molecule has 0 aliphatic rings. The molecule has 0 saturated heterocycles. The molecule has 0 atom stereocenters. The van der Waals surface area contributed by atoms with Gasteiger partial charge in [-0.15, -0.1) is 11.3 Å². The molecule has 0 aliphatic heterocycles. The number of alkyl halides is 3. The van der Waals surface area contributed by atoms with E-state index in [1.807, 2.05) is 12.1 Å². The quantitative estimate of drug-likeness (QED) is 0.758. The molecule has 102 valence electrons. The molecule has 3 rings (SSSR count). The Hall–Kier alpha value is -2.15. The molecule has 0 bridgehead atoms. The van der Waals surface area contributed by atoms with Gasteiger partial charge in [0.25, 0.3) is 0 Å². The number of halogens is 3. The number of pyridine rings is 1. The van der Waals surface area contributed by atoms with Crippen LogP contribution in [0.25, 0.3) is 10.2 Å². The molecule has 3 nitrogen and oxygen atoms in total. The molecule has 0 spiro atoms. The number of rotatable bonds is 2. The Morgan fingerprint density at radius 1 is 1.05 bits per heavy atom. The van der Waals surface area contributed by atoms with Gasteiger partial charge < -0.3 is 5.32 Å². The minimum Gasteiger partial charge on any atom is -0.354 e. The smallest absolute Gasteiger partial charge is 0.354 e. The predicted molar refractivity (Wildman–Crippen MR) is 72.1 cm³/mol. The molecule has 1 aromatic carbocycles. The molecular formula is C13H8F3N3S. The standard InChI is InChI=1S/C13H8F3N3S/c14-13(15,16)8-3-10(6-17-5-8)19-9-1-2-11-12(4-9)20-7-18-11/h1-7,19H. The van der Waals surface area contributed by atoms with Gasteiger partial charge in [-0.25, -0.2) is 4.98 Å². The van der Waals surface area contributed by atoms with E-state index in [-0.39, 0.29) is 0 Å². The highest BCUT2D eigenvalue weighted by atomic mass is 32.1. The summed E-state index contributed by atoms with van der Waals surface area (Å²) < 4.78 is 38.8. The van der Waals surface area contributed by atoms with Gasteiger partial charge in [0.05, 0.1) is 33.2 Å².